The highest BCUT2D eigenvalue weighted by Crippen LogP contribution is 2.54. The van der Waals surface area contributed by atoms with Crippen LogP contribution in [-0.2, 0) is 5.41 Å². The summed E-state index contributed by atoms with van der Waals surface area (Å²) in [4.78, 5) is 18.2. The van der Waals surface area contributed by atoms with Crippen molar-refractivity contribution in [3.05, 3.63) is 90.3 Å². The number of urea groups is 1. The number of alkyl halides is 3. The molecule has 3 N–H and O–H groups in total. The molecule has 1 aliphatic rings. The number of aromatic hydroxyl groups is 1. The maximum absolute atomic E-state index is 15.3. The van der Waals surface area contributed by atoms with Gasteiger partial charge in [0.25, 0.3) is 0 Å². The number of pyridine rings is 1. The summed E-state index contributed by atoms with van der Waals surface area (Å²) in [5.41, 5.74) is 1.69. The molecule has 1 aliphatic heterocycles. The van der Waals surface area contributed by atoms with Crippen LogP contribution in [0.25, 0.3) is 11.1 Å². The summed E-state index contributed by atoms with van der Waals surface area (Å²) >= 11 is 0. The smallest absolute Gasteiger partial charge is 0.506 e. The van der Waals surface area contributed by atoms with Crippen molar-refractivity contribution in [3.8, 4) is 22.6 Å². The highest BCUT2D eigenvalue weighted by atomic mass is 19.4. The Morgan fingerprint density at radius 1 is 1.02 bits per heavy atom. The molecule has 0 radical (unpaired) electrons. The second-order valence-electron chi connectivity index (χ2n) is 9.98. The van der Waals surface area contributed by atoms with Crippen LogP contribution >= 0.6 is 0 Å². The number of nitrogens with zero attached hydrogens (tertiary/aromatic N) is 2. The second-order valence-corrected chi connectivity index (χ2v) is 9.98. The van der Waals surface area contributed by atoms with E-state index in [1.807, 2.05) is 13.8 Å². The van der Waals surface area contributed by atoms with Gasteiger partial charge in [0.05, 0.1) is 17.1 Å². The first-order chi connectivity index (χ1) is 19.3. The molecule has 4 aromatic rings. The van der Waals surface area contributed by atoms with Gasteiger partial charge in [-0.15, -0.1) is 13.2 Å². The number of ether oxygens (including phenoxy) is 1. The molecule has 0 unspecified atom stereocenters. The third-order valence-electron chi connectivity index (χ3n) is 6.54. The molecule has 0 saturated carbocycles. The van der Waals surface area contributed by atoms with Crippen molar-refractivity contribution in [3.63, 3.8) is 0 Å². The highest BCUT2D eigenvalue weighted by molar-refractivity contribution is 6.03. The van der Waals surface area contributed by atoms with Crippen LogP contribution in [0.1, 0.15) is 19.4 Å². The number of carbonyl (C=O) groups is 1. The molecule has 5 rings (SSSR count). The minimum absolute atomic E-state index is 0.180. The standard InChI is InChI=1S/C29H23F5N4O3/c1-28(2)15-38(26-22(39)13-19(30)24(25(26)28)16-7-12-23(31)35-14-16)21-6-4-3-5-20(21)37-27(40)36-17-8-10-18(11-9-17)41-29(32,33)34/h3-14,39H,15H2,1-2H3,(H2,36,37,40). The van der Waals surface area contributed by atoms with Crippen LogP contribution in [0.4, 0.5) is 49.5 Å². The maximum atomic E-state index is 15.3. The van der Waals surface area contributed by atoms with Gasteiger partial charge in [-0.3, -0.25) is 0 Å². The molecule has 3 aromatic carbocycles. The van der Waals surface area contributed by atoms with E-state index in [9.17, 15) is 27.5 Å². The number of rotatable bonds is 5. The van der Waals surface area contributed by atoms with Crippen molar-refractivity contribution in [2.45, 2.75) is 25.6 Å². The Morgan fingerprint density at radius 2 is 1.73 bits per heavy atom. The number of hydrogen-bond donors (Lipinski definition) is 3. The zero-order valence-electron chi connectivity index (χ0n) is 21.7. The van der Waals surface area contributed by atoms with Gasteiger partial charge in [0.1, 0.15) is 17.3 Å². The Kier molecular flexibility index (Phi) is 6.93. The third kappa shape index (κ3) is 5.72. The van der Waals surface area contributed by atoms with Crippen LogP contribution in [-0.4, -0.2) is 29.0 Å². The second kappa shape index (κ2) is 10.3. The van der Waals surface area contributed by atoms with E-state index in [0.717, 1.165) is 24.3 Å². The van der Waals surface area contributed by atoms with Gasteiger partial charge in [0.15, 0.2) is 0 Å². The summed E-state index contributed by atoms with van der Waals surface area (Å²) in [6.07, 6.45) is -3.61. The molecule has 0 spiro atoms. The molecule has 1 aromatic heterocycles. The molecule has 2 amide bonds. The highest BCUT2D eigenvalue weighted by Gasteiger charge is 2.42. The largest absolute Gasteiger partial charge is 0.573 e. The third-order valence-corrected chi connectivity index (χ3v) is 6.54. The van der Waals surface area contributed by atoms with Crippen LogP contribution in [0.3, 0.4) is 0 Å². The van der Waals surface area contributed by atoms with Gasteiger partial charge in [-0.05, 0) is 54.1 Å². The van der Waals surface area contributed by atoms with E-state index in [-0.39, 0.29) is 17.0 Å². The first-order valence-corrected chi connectivity index (χ1v) is 12.3. The topological polar surface area (TPSA) is 86.7 Å². The van der Waals surface area contributed by atoms with E-state index in [1.165, 1.54) is 24.4 Å². The van der Waals surface area contributed by atoms with Crippen molar-refractivity contribution in [2.24, 2.45) is 0 Å². The molecule has 212 valence electrons. The molecular formula is C29H23F5N4O3. The number of halogens is 5. The van der Waals surface area contributed by atoms with Gasteiger partial charge in [-0.2, -0.15) is 4.39 Å². The molecule has 12 heteroatoms. The van der Waals surface area contributed by atoms with Crippen molar-refractivity contribution in [2.75, 3.05) is 22.1 Å². The lowest BCUT2D eigenvalue weighted by Gasteiger charge is -2.25. The molecule has 0 saturated heterocycles. The van der Waals surface area contributed by atoms with E-state index in [0.29, 0.717) is 34.7 Å². The fourth-order valence-corrected chi connectivity index (χ4v) is 4.96. The molecule has 0 atom stereocenters. The molecule has 0 bridgehead atoms. The fraction of sp³-hybridized carbons (Fsp3) is 0.172. The van der Waals surface area contributed by atoms with Crippen LogP contribution in [0.5, 0.6) is 11.5 Å². The number of benzene rings is 3. The number of nitrogens with one attached hydrogen (secondary N) is 2. The summed E-state index contributed by atoms with van der Waals surface area (Å²) in [6, 6.07) is 14.3. The number of phenols is 1. The zero-order chi connectivity index (χ0) is 29.5. The van der Waals surface area contributed by atoms with Crippen molar-refractivity contribution in [1.29, 1.82) is 0 Å². The van der Waals surface area contributed by atoms with E-state index < -0.39 is 35.3 Å². The number of aromatic nitrogens is 1. The quantitative estimate of drug-likeness (QED) is 0.169. The predicted molar refractivity (Wildman–Crippen MR) is 143 cm³/mol. The van der Waals surface area contributed by atoms with Gasteiger partial charge in [0, 0.05) is 41.0 Å². The summed E-state index contributed by atoms with van der Waals surface area (Å²) in [5, 5.41) is 16.2. The lowest BCUT2D eigenvalue weighted by Crippen LogP contribution is -2.27. The SMILES string of the molecule is CC1(C)CN(c2ccccc2NC(=O)Nc2ccc(OC(F)(F)F)cc2)c2c(O)cc(F)c(-c3ccc(F)nc3)c21. The van der Waals surface area contributed by atoms with Crippen LogP contribution in [0.15, 0.2) is 72.9 Å². The van der Waals surface area contributed by atoms with Gasteiger partial charge in [0.2, 0.25) is 5.95 Å². The summed E-state index contributed by atoms with van der Waals surface area (Å²) in [5.74, 6) is -2.16. The van der Waals surface area contributed by atoms with Crippen LogP contribution in [0.2, 0.25) is 0 Å². The average molecular weight is 571 g/mol. The molecule has 2 heterocycles. The van der Waals surface area contributed by atoms with Gasteiger partial charge in [-0.25, -0.2) is 14.2 Å². The number of amides is 2. The molecule has 0 fully saturated rings. The monoisotopic (exact) mass is 570 g/mol. The number of hydrogen-bond acceptors (Lipinski definition) is 5. The minimum atomic E-state index is -4.84. The zero-order valence-corrected chi connectivity index (χ0v) is 21.7. The lowest BCUT2D eigenvalue weighted by atomic mass is 9.81. The van der Waals surface area contributed by atoms with Crippen molar-refractivity contribution >= 4 is 28.8 Å². The Labute approximate surface area is 231 Å². The first kappa shape index (κ1) is 27.7. The van der Waals surface area contributed by atoms with Crippen LogP contribution < -0.4 is 20.3 Å². The number of para-hydroxylation sites is 2. The van der Waals surface area contributed by atoms with Gasteiger partial charge >= 0.3 is 12.4 Å². The number of carbonyl (C=O) groups excluding carboxylic acids is 1. The van der Waals surface area contributed by atoms with Crippen LogP contribution in [0, 0.1) is 11.8 Å². The Bertz CT molecular complexity index is 1610. The van der Waals surface area contributed by atoms with E-state index in [1.54, 1.807) is 29.2 Å². The summed E-state index contributed by atoms with van der Waals surface area (Å²) in [7, 11) is 0. The normalized spacial score (nSPS) is 14.0. The first-order valence-electron chi connectivity index (χ1n) is 12.3. The predicted octanol–water partition coefficient (Wildman–Crippen LogP) is 7.70. The van der Waals surface area contributed by atoms with Gasteiger partial charge < -0.3 is 25.4 Å². The average Bonchev–Trinajstić information content (AvgIpc) is 3.17. The summed E-state index contributed by atoms with van der Waals surface area (Å²) < 4.78 is 69.9. The molecule has 7 nitrogen and oxygen atoms in total. The fourth-order valence-electron chi connectivity index (χ4n) is 4.96. The minimum Gasteiger partial charge on any atom is -0.506 e. The Morgan fingerprint density at radius 3 is 2.39 bits per heavy atom. The number of fused-ring (bicyclic) bond motifs is 1. The van der Waals surface area contributed by atoms with E-state index in [2.05, 4.69) is 20.4 Å². The summed E-state index contributed by atoms with van der Waals surface area (Å²) in [6.45, 7) is 4.04. The lowest BCUT2D eigenvalue weighted by molar-refractivity contribution is -0.274. The molecule has 41 heavy (non-hydrogen) atoms. The van der Waals surface area contributed by atoms with E-state index >= 15 is 4.39 Å². The Hall–Kier alpha value is -4.87. The number of anilines is 4. The number of phenolic OH excluding ortho intramolecular Hbond substituents is 1. The van der Waals surface area contributed by atoms with E-state index in [4.69, 9.17) is 0 Å². The molecular weight excluding hydrogens is 547 g/mol. The van der Waals surface area contributed by atoms with Gasteiger partial charge in [-0.1, -0.05) is 26.0 Å². The maximum Gasteiger partial charge on any atom is 0.573 e. The van der Waals surface area contributed by atoms with Crippen molar-refractivity contribution < 1.29 is 36.6 Å². The van der Waals surface area contributed by atoms with Crippen molar-refractivity contribution in [1.82, 2.24) is 4.98 Å². The Balaban J connectivity index is 1.46. The molecule has 0 aliphatic carbocycles.